The number of nitrogens with zero attached hydrogens (tertiary/aromatic N) is 2. The molecule has 1 unspecified atom stereocenters. The molecule has 24 heavy (non-hydrogen) atoms. The van der Waals surface area contributed by atoms with Gasteiger partial charge in [-0.15, -0.1) is 0 Å². The summed E-state index contributed by atoms with van der Waals surface area (Å²) in [6.45, 7) is 8.77. The van der Waals surface area contributed by atoms with E-state index in [4.69, 9.17) is 11.6 Å². The number of carbonyl (C=O) groups is 1. The van der Waals surface area contributed by atoms with Gasteiger partial charge in [-0.05, 0) is 38.2 Å². The van der Waals surface area contributed by atoms with Crippen molar-refractivity contribution in [1.29, 1.82) is 0 Å². The standard InChI is InChI=1S/C19H26ClN3O/c1-13(2)10-11-14(3)21-19(24)17-15(4)22-23(18(17)20)12-16-8-6-5-7-9-16/h5-9,13-14H,10-12H2,1-4H3,(H,21,24). The number of halogens is 1. The zero-order valence-electron chi connectivity index (χ0n) is 14.8. The number of hydrogen-bond donors (Lipinski definition) is 1. The quantitative estimate of drug-likeness (QED) is 0.804. The van der Waals surface area contributed by atoms with E-state index in [1.807, 2.05) is 44.2 Å². The lowest BCUT2D eigenvalue weighted by Crippen LogP contribution is -2.33. The third-order valence-corrected chi connectivity index (χ3v) is 4.41. The van der Waals surface area contributed by atoms with Gasteiger partial charge in [0.2, 0.25) is 0 Å². The van der Waals surface area contributed by atoms with Crippen LogP contribution in [0.15, 0.2) is 30.3 Å². The van der Waals surface area contributed by atoms with E-state index in [0.717, 1.165) is 18.4 Å². The van der Waals surface area contributed by atoms with E-state index in [9.17, 15) is 4.79 Å². The number of hydrogen-bond acceptors (Lipinski definition) is 2. The van der Waals surface area contributed by atoms with Gasteiger partial charge >= 0.3 is 0 Å². The number of benzene rings is 1. The highest BCUT2D eigenvalue weighted by atomic mass is 35.5. The molecule has 0 aliphatic carbocycles. The minimum absolute atomic E-state index is 0.118. The maximum atomic E-state index is 12.6. The summed E-state index contributed by atoms with van der Waals surface area (Å²) in [6.07, 6.45) is 2.04. The lowest BCUT2D eigenvalue weighted by Gasteiger charge is -2.15. The molecule has 0 saturated carbocycles. The number of aromatic nitrogens is 2. The first-order chi connectivity index (χ1) is 11.4. The highest BCUT2D eigenvalue weighted by molar-refractivity contribution is 6.33. The molecule has 4 nitrogen and oxygen atoms in total. The van der Waals surface area contributed by atoms with Crippen LogP contribution in [0.5, 0.6) is 0 Å². The molecule has 1 aromatic carbocycles. The number of amides is 1. The van der Waals surface area contributed by atoms with E-state index in [1.165, 1.54) is 0 Å². The topological polar surface area (TPSA) is 46.9 Å². The second kappa shape index (κ2) is 8.34. The van der Waals surface area contributed by atoms with Gasteiger partial charge in [0.25, 0.3) is 5.91 Å². The molecule has 0 aliphatic heterocycles. The van der Waals surface area contributed by atoms with Gasteiger partial charge in [0.1, 0.15) is 5.15 Å². The van der Waals surface area contributed by atoms with E-state index in [1.54, 1.807) is 4.68 Å². The Bertz CT molecular complexity index is 679. The predicted molar refractivity (Wildman–Crippen MR) is 98.5 cm³/mol. The average molecular weight is 348 g/mol. The number of carbonyl (C=O) groups excluding carboxylic acids is 1. The summed E-state index contributed by atoms with van der Waals surface area (Å²) in [5.41, 5.74) is 2.23. The van der Waals surface area contributed by atoms with Crippen LogP contribution < -0.4 is 5.32 Å². The number of nitrogens with one attached hydrogen (secondary N) is 1. The fourth-order valence-corrected chi connectivity index (χ4v) is 2.94. The zero-order chi connectivity index (χ0) is 17.7. The van der Waals surface area contributed by atoms with Crippen molar-refractivity contribution in [2.24, 2.45) is 5.92 Å². The van der Waals surface area contributed by atoms with Gasteiger partial charge in [-0.2, -0.15) is 5.10 Å². The molecule has 2 rings (SSSR count). The summed E-state index contributed by atoms with van der Waals surface area (Å²) in [7, 11) is 0. The normalized spacial score (nSPS) is 12.4. The Labute approximate surface area is 149 Å². The third-order valence-electron chi connectivity index (χ3n) is 4.02. The van der Waals surface area contributed by atoms with Crippen molar-refractivity contribution in [2.45, 2.75) is 53.1 Å². The van der Waals surface area contributed by atoms with Gasteiger partial charge < -0.3 is 5.32 Å². The molecule has 1 N–H and O–H groups in total. The average Bonchev–Trinajstić information content (AvgIpc) is 2.80. The Kier molecular flexibility index (Phi) is 6.44. The molecule has 0 fully saturated rings. The van der Waals surface area contributed by atoms with E-state index < -0.39 is 0 Å². The van der Waals surface area contributed by atoms with Gasteiger partial charge in [-0.25, -0.2) is 4.68 Å². The van der Waals surface area contributed by atoms with E-state index in [-0.39, 0.29) is 11.9 Å². The van der Waals surface area contributed by atoms with Crippen molar-refractivity contribution < 1.29 is 4.79 Å². The molecule has 130 valence electrons. The maximum Gasteiger partial charge on any atom is 0.256 e. The summed E-state index contributed by atoms with van der Waals surface area (Å²) in [5, 5.41) is 7.86. The first-order valence-electron chi connectivity index (χ1n) is 8.46. The van der Waals surface area contributed by atoms with Gasteiger partial charge in [-0.3, -0.25) is 4.79 Å². The van der Waals surface area contributed by atoms with E-state index >= 15 is 0 Å². The molecule has 0 spiro atoms. The summed E-state index contributed by atoms with van der Waals surface area (Å²) in [4.78, 5) is 12.6. The van der Waals surface area contributed by atoms with Crippen LogP contribution in [0.4, 0.5) is 0 Å². The molecule has 0 saturated heterocycles. The first-order valence-corrected chi connectivity index (χ1v) is 8.84. The fourth-order valence-electron chi connectivity index (χ4n) is 2.62. The molecule has 0 radical (unpaired) electrons. The fraction of sp³-hybridized carbons (Fsp3) is 0.474. The Morgan fingerprint density at radius 3 is 2.50 bits per heavy atom. The second-order valence-corrected chi connectivity index (χ2v) is 7.10. The second-order valence-electron chi connectivity index (χ2n) is 6.74. The summed E-state index contributed by atoms with van der Waals surface area (Å²) in [6, 6.07) is 10.1. The molecule has 1 aromatic heterocycles. The van der Waals surface area contributed by atoms with Crippen LogP contribution in [-0.4, -0.2) is 21.7 Å². The lowest BCUT2D eigenvalue weighted by molar-refractivity contribution is 0.0936. The van der Waals surface area contributed by atoms with E-state index in [0.29, 0.717) is 28.9 Å². The molecule has 5 heteroatoms. The Hall–Kier alpha value is -1.81. The minimum atomic E-state index is -0.145. The van der Waals surface area contributed by atoms with Gasteiger partial charge in [0, 0.05) is 6.04 Å². The highest BCUT2D eigenvalue weighted by Gasteiger charge is 2.21. The summed E-state index contributed by atoms with van der Waals surface area (Å²) in [5.74, 6) is 0.483. The van der Waals surface area contributed by atoms with Gasteiger partial charge in [-0.1, -0.05) is 55.8 Å². The number of aryl methyl sites for hydroxylation is 1. The zero-order valence-corrected chi connectivity index (χ0v) is 15.6. The van der Waals surface area contributed by atoms with Crippen LogP contribution in [0.1, 0.15) is 55.2 Å². The maximum absolute atomic E-state index is 12.6. The van der Waals surface area contributed by atoms with Crippen molar-refractivity contribution in [2.75, 3.05) is 0 Å². The monoisotopic (exact) mass is 347 g/mol. The van der Waals surface area contributed by atoms with Crippen molar-refractivity contribution in [3.05, 3.63) is 52.3 Å². The van der Waals surface area contributed by atoms with Crippen LogP contribution in [0.25, 0.3) is 0 Å². The summed E-state index contributed by atoms with van der Waals surface area (Å²) < 4.78 is 1.68. The van der Waals surface area contributed by atoms with Gasteiger partial charge in [0.15, 0.2) is 0 Å². The smallest absolute Gasteiger partial charge is 0.256 e. The predicted octanol–water partition coefficient (Wildman–Crippen LogP) is 4.45. The van der Waals surface area contributed by atoms with Crippen molar-refractivity contribution in [3.63, 3.8) is 0 Å². The van der Waals surface area contributed by atoms with Crippen LogP contribution in [-0.2, 0) is 6.54 Å². The molecular weight excluding hydrogens is 322 g/mol. The number of rotatable bonds is 7. The first kappa shape index (κ1) is 18.5. The third kappa shape index (κ3) is 4.84. The Morgan fingerprint density at radius 1 is 1.21 bits per heavy atom. The van der Waals surface area contributed by atoms with Crippen LogP contribution in [0, 0.1) is 12.8 Å². The van der Waals surface area contributed by atoms with Crippen molar-refractivity contribution >= 4 is 17.5 Å². The van der Waals surface area contributed by atoms with Crippen molar-refractivity contribution in [3.8, 4) is 0 Å². The molecule has 1 amide bonds. The minimum Gasteiger partial charge on any atom is -0.349 e. The van der Waals surface area contributed by atoms with Crippen LogP contribution >= 0.6 is 11.6 Å². The Balaban J connectivity index is 2.09. The molecule has 1 atom stereocenters. The largest absolute Gasteiger partial charge is 0.349 e. The van der Waals surface area contributed by atoms with E-state index in [2.05, 4.69) is 24.3 Å². The molecule has 0 bridgehead atoms. The lowest BCUT2D eigenvalue weighted by atomic mass is 10.0. The molecule has 0 aliphatic rings. The molecule has 2 aromatic rings. The SMILES string of the molecule is Cc1nn(Cc2ccccc2)c(Cl)c1C(=O)NC(C)CCC(C)C. The van der Waals surface area contributed by atoms with Crippen molar-refractivity contribution in [1.82, 2.24) is 15.1 Å². The highest BCUT2D eigenvalue weighted by Crippen LogP contribution is 2.21. The van der Waals surface area contributed by atoms with Gasteiger partial charge in [0.05, 0.1) is 17.8 Å². The summed E-state index contributed by atoms with van der Waals surface area (Å²) >= 11 is 6.42. The molecule has 1 heterocycles. The van der Waals surface area contributed by atoms with Crippen LogP contribution in [0.2, 0.25) is 5.15 Å². The molecular formula is C19H26ClN3O. The van der Waals surface area contributed by atoms with Crippen LogP contribution in [0.3, 0.4) is 0 Å². The Morgan fingerprint density at radius 2 is 1.88 bits per heavy atom.